The molecule has 0 spiro atoms. The number of benzene rings is 2. The Kier molecular flexibility index (Phi) is 7.20. The summed E-state index contributed by atoms with van der Waals surface area (Å²) in [5, 5.41) is 3.20. The van der Waals surface area contributed by atoms with Gasteiger partial charge in [0.1, 0.15) is 0 Å². The fraction of sp³-hybridized carbons (Fsp3) is 0.120. The molecule has 4 aromatic rings. The Hall–Kier alpha value is -3.75. The highest BCUT2D eigenvalue weighted by molar-refractivity contribution is 7.19. The van der Waals surface area contributed by atoms with Gasteiger partial charge in [-0.15, -0.1) is 11.3 Å². The van der Waals surface area contributed by atoms with Crippen LogP contribution in [0.4, 0.5) is 5.69 Å². The Morgan fingerprint density at radius 2 is 1.68 bits per heavy atom. The number of fused-ring (bicyclic) bond motifs is 1. The Morgan fingerprint density at radius 3 is 2.44 bits per heavy atom. The standard InChI is InChI=1S/C25H19ClN2O5S/c1-2-32-24(30)16-8-4-6-10-19(16)28-23(29)14-33-25(31)17-13-20(21-11-12-22(26)34-21)27-18-9-5-3-7-15(17)18/h3-13H,2,14H2,1H3,(H,28,29). The first-order valence-corrected chi connectivity index (χ1v) is 11.5. The highest BCUT2D eigenvalue weighted by Gasteiger charge is 2.19. The van der Waals surface area contributed by atoms with Gasteiger partial charge in [0.2, 0.25) is 0 Å². The number of thiophene rings is 1. The third-order valence-electron chi connectivity index (χ3n) is 4.79. The summed E-state index contributed by atoms with van der Waals surface area (Å²) in [6.07, 6.45) is 0. The average Bonchev–Trinajstić information content (AvgIpc) is 3.28. The second kappa shape index (κ2) is 10.5. The Labute approximate surface area is 204 Å². The van der Waals surface area contributed by atoms with Crippen LogP contribution < -0.4 is 5.32 Å². The van der Waals surface area contributed by atoms with Crippen molar-refractivity contribution >= 4 is 57.4 Å². The number of anilines is 1. The van der Waals surface area contributed by atoms with Crippen molar-refractivity contribution in [2.45, 2.75) is 6.92 Å². The molecular weight excluding hydrogens is 476 g/mol. The highest BCUT2D eigenvalue weighted by Crippen LogP contribution is 2.32. The number of carbonyl (C=O) groups is 3. The molecule has 172 valence electrons. The van der Waals surface area contributed by atoms with Gasteiger partial charge in [-0.3, -0.25) is 4.79 Å². The van der Waals surface area contributed by atoms with Crippen LogP contribution in [0.1, 0.15) is 27.6 Å². The second-order valence-corrected chi connectivity index (χ2v) is 8.78. The van der Waals surface area contributed by atoms with Crippen molar-refractivity contribution in [3.05, 3.63) is 82.2 Å². The van der Waals surface area contributed by atoms with Gasteiger partial charge in [0.25, 0.3) is 5.91 Å². The molecule has 0 aliphatic heterocycles. The molecule has 0 aliphatic carbocycles. The molecule has 2 aromatic heterocycles. The number of rotatable bonds is 7. The Bertz CT molecular complexity index is 1380. The molecule has 0 radical (unpaired) electrons. The van der Waals surface area contributed by atoms with Gasteiger partial charge in [-0.25, -0.2) is 14.6 Å². The number of ether oxygens (including phenoxy) is 2. The van der Waals surface area contributed by atoms with Gasteiger partial charge < -0.3 is 14.8 Å². The number of aromatic nitrogens is 1. The van der Waals surface area contributed by atoms with Crippen molar-refractivity contribution in [3.63, 3.8) is 0 Å². The fourth-order valence-corrected chi connectivity index (χ4v) is 4.30. The van der Waals surface area contributed by atoms with E-state index < -0.39 is 24.5 Å². The van der Waals surface area contributed by atoms with Gasteiger partial charge in [0.15, 0.2) is 6.61 Å². The highest BCUT2D eigenvalue weighted by atomic mass is 35.5. The van der Waals surface area contributed by atoms with Gasteiger partial charge in [-0.05, 0) is 43.3 Å². The van der Waals surface area contributed by atoms with Crippen LogP contribution in [-0.4, -0.2) is 36.0 Å². The lowest BCUT2D eigenvalue weighted by Gasteiger charge is -2.11. The molecule has 1 N–H and O–H groups in total. The zero-order chi connectivity index (χ0) is 24.1. The summed E-state index contributed by atoms with van der Waals surface area (Å²) in [6.45, 7) is 1.37. The van der Waals surface area contributed by atoms with Crippen molar-refractivity contribution < 1.29 is 23.9 Å². The molecule has 2 heterocycles. The number of hydrogen-bond donors (Lipinski definition) is 1. The molecule has 4 rings (SSSR count). The number of nitrogens with one attached hydrogen (secondary N) is 1. The first-order chi connectivity index (χ1) is 16.5. The minimum absolute atomic E-state index is 0.207. The lowest BCUT2D eigenvalue weighted by Crippen LogP contribution is -2.22. The molecule has 0 fully saturated rings. The van der Waals surface area contributed by atoms with Crippen LogP contribution in [0.5, 0.6) is 0 Å². The molecule has 0 bridgehead atoms. The number of esters is 2. The maximum atomic E-state index is 12.9. The third-order valence-corrected chi connectivity index (χ3v) is 6.05. The summed E-state index contributed by atoms with van der Waals surface area (Å²) in [5.74, 6) is -1.81. The lowest BCUT2D eigenvalue weighted by atomic mass is 10.1. The van der Waals surface area contributed by atoms with E-state index in [0.717, 1.165) is 4.88 Å². The maximum absolute atomic E-state index is 12.9. The van der Waals surface area contributed by atoms with Crippen molar-refractivity contribution in [1.29, 1.82) is 0 Å². The van der Waals surface area contributed by atoms with E-state index in [1.807, 2.05) is 12.1 Å². The number of halogens is 1. The van der Waals surface area contributed by atoms with E-state index in [0.29, 0.717) is 20.9 Å². The lowest BCUT2D eigenvalue weighted by molar-refractivity contribution is -0.119. The predicted molar refractivity (Wildman–Crippen MR) is 131 cm³/mol. The molecule has 0 unspecified atom stereocenters. The van der Waals surface area contributed by atoms with E-state index in [1.54, 1.807) is 61.5 Å². The van der Waals surface area contributed by atoms with E-state index in [4.69, 9.17) is 21.1 Å². The molecule has 7 nitrogen and oxygen atoms in total. The summed E-state index contributed by atoms with van der Waals surface area (Å²) < 4.78 is 10.9. The van der Waals surface area contributed by atoms with Crippen LogP contribution in [0.15, 0.2) is 66.7 Å². The topological polar surface area (TPSA) is 94.6 Å². The van der Waals surface area contributed by atoms with Crippen LogP contribution in [0, 0.1) is 0 Å². The smallest absolute Gasteiger partial charge is 0.340 e. The number of para-hydroxylation sites is 2. The molecule has 34 heavy (non-hydrogen) atoms. The largest absolute Gasteiger partial charge is 0.462 e. The number of nitrogens with zero attached hydrogens (tertiary/aromatic N) is 1. The van der Waals surface area contributed by atoms with E-state index in [2.05, 4.69) is 10.3 Å². The monoisotopic (exact) mass is 494 g/mol. The summed E-state index contributed by atoms with van der Waals surface area (Å²) >= 11 is 7.40. The third kappa shape index (κ3) is 5.24. The first-order valence-electron chi connectivity index (χ1n) is 10.3. The van der Waals surface area contributed by atoms with Crippen molar-refractivity contribution in [2.24, 2.45) is 0 Å². The normalized spacial score (nSPS) is 10.6. The second-order valence-electron chi connectivity index (χ2n) is 7.07. The average molecular weight is 495 g/mol. The molecular formula is C25H19ClN2O5S. The van der Waals surface area contributed by atoms with E-state index in [-0.39, 0.29) is 23.4 Å². The van der Waals surface area contributed by atoms with Gasteiger partial charge >= 0.3 is 11.9 Å². The molecule has 0 aliphatic rings. The zero-order valence-electron chi connectivity index (χ0n) is 18.0. The van der Waals surface area contributed by atoms with E-state index in [9.17, 15) is 14.4 Å². The quantitative estimate of drug-likeness (QED) is 0.336. The molecule has 0 saturated carbocycles. The fourth-order valence-electron chi connectivity index (χ4n) is 3.30. The number of hydrogen-bond acceptors (Lipinski definition) is 7. The summed E-state index contributed by atoms with van der Waals surface area (Å²) in [4.78, 5) is 42.9. The van der Waals surface area contributed by atoms with Crippen LogP contribution >= 0.6 is 22.9 Å². The van der Waals surface area contributed by atoms with Crippen molar-refractivity contribution in [3.8, 4) is 10.6 Å². The van der Waals surface area contributed by atoms with Crippen molar-refractivity contribution in [1.82, 2.24) is 4.98 Å². The molecule has 9 heteroatoms. The molecule has 0 saturated heterocycles. The SMILES string of the molecule is CCOC(=O)c1ccccc1NC(=O)COC(=O)c1cc(-c2ccc(Cl)s2)nc2ccccc12. The van der Waals surface area contributed by atoms with Crippen LogP contribution in [0.2, 0.25) is 4.34 Å². The van der Waals surface area contributed by atoms with Crippen LogP contribution in [0.3, 0.4) is 0 Å². The Morgan fingerprint density at radius 1 is 0.941 bits per heavy atom. The number of pyridine rings is 1. The first kappa shape index (κ1) is 23.4. The van der Waals surface area contributed by atoms with Crippen LogP contribution in [-0.2, 0) is 14.3 Å². The van der Waals surface area contributed by atoms with Gasteiger partial charge in [-0.2, -0.15) is 0 Å². The predicted octanol–water partition coefficient (Wildman–Crippen LogP) is 5.59. The number of carbonyl (C=O) groups excluding carboxylic acids is 3. The van der Waals surface area contributed by atoms with E-state index in [1.165, 1.54) is 11.3 Å². The maximum Gasteiger partial charge on any atom is 0.340 e. The molecule has 2 aromatic carbocycles. The molecule has 0 atom stereocenters. The minimum atomic E-state index is -0.670. The molecule has 1 amide bonds. The van der Waals surface area contributed by atoms with Gasteiger partial charge in [0.05, 0.1) is 43.8 Å². The number of amides is 1. The van der Waals surface area contributed by atoms with E-state index >= 15 is 0 Å². The van der Waals surface area contributed by atoms with Crippen LogP contribution in [0.25, 0.3) is 21.5 Å². The zero-order valence-corrected chi connectivity index (χ0v) is 19.6. The van der Waals surface area contributed by atoms with Gasteiger partial charge in [-0.1, -0.05) is 41.9 Å². The Balaban J connectivity index is 1.52. The summed E-state index contributed by atoms with van der Waals surface area (Å²) in [6, 6.07) is 18.8. The summed E-state index contributed by atoms with van der Waals surface area (Å²) in [7, 11) is 0. The van der Waals surface area contributed by atoms with Gasteiger partial charge in [0, 0.05) is 5.39 Å². The summed E-state index contributed by atoms with van der Waals surface area (Å²) in [5.41, 5.74) is 1.96. The minimum Gasteiger partial charge on any atom is -0.462 e. The van der Waals surface area contributed by atoms with Crippen molar-refractivity contribution in [2.75, 3.05) is 18.5 Å².